The number of amides is 1. The molecule has 0 spiro atoms. The maximum absolute atomic E-state index is 13.3. The molecule has 1 aliphatic heterocycles. The van der Waals surface area contributed by atoms with E-state index in [1.54, 1.807) is 0 Å². The summed E-state index contributed by atoms with van der Waals surface area (Å²) in [5.41, 5.74) is 0. The Morgan fingerprint density at radius 1 is 0.362 bits per heavy atom. The third-order valence-electron chi connectivity index (χ3n) is 20.8. The molecule has 11 nitrogen and oxygen atoms in total. The molecule has 9 atom stereocenters. The standard InChI is InChI=1S/C83H163NO10/c1-3-5-7-9-11-13-15-17-19-21-23-25-27-29-31-33-35-36-37-38-39-41-43-45-47-49-51-53-55-57-59-61-63-65-67-69-71-76(87)82(92)84-74(73-93-83-81(91)80(90)79(89)77(72-85)94-83)78(88)75(86)70-68-66-64-62-60-58-56-54-52-50-48-46-44-42-40-34-32-30-28-26-24-22-20-18-16-14-12-10-8-6-4-2/h62,64,74-81,83,85-91H,3-61,63,65-73H2,1-2H3,(H,84,92)/b64-62+. The summed E-state index contributed by atoms with van der Waals surface area (Å²) in [5, 5.41) is 76.8. The van der Waals surface area contributed by atoms with Crippen molar-refractivity contribution in [2.24, 2.45) is 0 Å². The van der Waals surface area contributed by atoms with Gasteiger partial charge in [-0.25, -0.2) is 0 Å². The van der Waals surface area contributed by atoms with Gasteiger partial charge in [-0.15, -0.1) is 0 Å². The molecule has 1 amide bonds. The van der Waals surface area contributed by atoms with Crippen LogP contribution < -0.4 is 5.32 Å². The summed E-state index contributed by atoms with van der Waals surface area (Å²) in [6, 6.07) is -1.18. The lowest BCUT2D eigenvalue weighted by Gasteiger charge is -2.40. The van der Waals surface area contributed by atoms with Crippen LogP contribution in [0, 0.1) is 0 Å². The fourth-order valence-electron chi connectivity index (χ4n) is 14.2. The van der Waals surface area contributed by atoms with E-state index >= 15 is 0 Å². The molecule has 8 N–H and O–H groups in total. The molecule has 94 heavy (non-hydrogen) atoms. The summed E-state index contributed by atoms with van der Waals surface area (Å²) in [6.45, 7) is 3.53. The van der Waals surface area contributed by atoms with E-state index in [2.05, 4.69) is 31.3 Å². The van der Waals surface area contributed by atoms with Gasteiger partial charge in [-0.05, 0) is 38.5 Å². The number of ether oxygens (including phenoxy) is 2. The van der Waals surface area contributed by atoms with Crippen LogP contribution in [0.3, 0.4) is 0 Å². The molecule has 11 heteroatoms. The number of nitrogens with one attached hydrogen (secondary N) is 1. The van der Waals surface area contributed by atoms with Crippen molar-refractivity contribution in [2.75, 3.05) is 13.2 Å². The zero-order valence-corrected chi connectivity index (χ0v) is 62.5. The number of carbonyl (C=O) groups excluding carboxylic acids is 1. The largest absolute Gasteiger partial charge is 0.394 e. The van der Waals surface area contributed by atoms with Crippen LogP contribution >= 0.6 is 0 Å². The lowest BCUT2D eigenvalue weighted by molar-refractivity contribution is -0.303. The second-order valence-corrected chi connectivity index (χ2v) is 29.9. The van der Waals surface area contributed by atoms with Gasteiger partial charge in [0.2, 0.25) is 5.91 Å². The lowest BCUT2D eigenvalue weighted by atomic mass is 9.98. The molecule has 0 aromatic rings. The molecule has 560 valence electrons. The van der Waals surface area contributed by atoms with Crippen molar-refractivity contribution in [3.63, 3.8) is 0 Å². The Labute approximate surface area is 582 Å². The molecular weight excluding hydrogens is 1170 g/mol. The minimum absolute atomic E-state index is 0.260. The fourth-order valence-corrected chi connectivity index (χ4v) is 14.2. The first-order valence-corrected chi connectivity index (χ1v) is 42.1. The summed E-state index contributed by atoms with van der Waals surface area (Å²) in [5.74, 6) is -0.695. The van der Waals surface area contributed by atoms with Gasteiger partial charge < -0.3 is 50.5 Å². The van der Waals surface area contributed by atoms with Crippen molar-refractivity contribution < 1.29 is 50.0 Å². The summed E-state index contributed by atoms with van der Waals surface area (Å²) < 4.78 is 11.2. The van der Waals surface area contributed by atoms with Crippen molar-refractivity contribution in [3.8, 4) is 0 Å². The van der Waals surface area contributed by atoms with Crippen molar-refractivity contribution in [1.29, 1.82) is 0 Å². The van der Waals surface area contributed by atoms with Crippen LogP contribution in [0.15, 0.2) is 12.2 Å². The third kappa shape index (κ3) is 57.6. The number of unbranched alkanes of at least 4 members (excludes halogenated alkanes) is 62. The van der Waals surface area contributed by atoms with Gasteiger partial charge >= 0.3 is 0 Å². The van der Waals surface area contributed by atoms with Gasteiger partial charge in [0.25, 0.3) is 0 Å². The van der Waals surface area contributed by atoms with E-state index < -0.39 is 74.2 Å². The van der Waals surface area contributed by atoms with E-state index in [0.717, 1.165) is 32.1 Å². The Morgan fingerprint density at radius 2 is 0.628 bits per heavy atom. The van der Waals surface area contributed by atoms with E-state index in [1.165, 1.54) is 372 Å². The van der Waals surface area contributed by atoms with Crippen LogP contribution in [0.1, 0.15) is 444 Å². The van der Waals surface area contributed by atoms with E-state index in [4.69, 9.17) is 9.47 Å². The molecule has 1 fully saturated rings. The van der Waals surface area contributed by atoms with Crippen LogP contribution in [0.25, 0.3) is 0 Å². The fraction of sp³-hybridized carbons (Fsp3) is 0.964. The molecule has 0 saturated carbocycles. The number of aliphatic hydroxyl groups is 7. The predicted molar refractivity (Wildman–Crippen MR) is 399 cm³/mol. The van der Waals surface area contributed by atoms with Gasteiger partial charge in [-0.2, -0.15) is 0 Å². The summed E-state index contributed by atoms with van der Waals surface area (Å²) in [6.07, 6.45) is 80.7. The molecular formula is C83H163NO10. The van der Waals surface area contributed by atoms with E-state index in [1.807, 2.05) is 0 Å². The van der Waals surface area contributed by atoms with Crippen LogP contribution in [0.2, 0.25) is 0 Å². The van der Waals surface area contributed by atoms with Crippen molar-refractivity contribution >= 4 is 5.91 Å². The highest BCUT2D eigenvalue weighted by Crippen LogP contribution is 2.25. The number of allylic oxidation sites excluding steroid dienone is 2. The maximum Gasteiger partial charge on any atom is 0.249 e. The summed E-state index contributed by atoms with van der Waals surface area (Å²) in [7, 11) is 0. The molecule has 1 heterocycles. The number of carbonyl (C=O) groups is 1. The Balaban J connectivity index is 2.11. The van der Waals surface area contributed by atoms with Crippen LogP contribution in [-0.4, -0.2) is 110 Å². The average Bonchev–Trinajstić information content (AvgIpc) is 0.903. The monoisotopic (exact) mass is 1330 g/mol. The van der Waals surface area contributed by atoms with Gasteiger partial charge in [-0.1, -0.05) is 418 Å². The Kier molecular flexibility index (Phi) is 69.3. The van der Waals surface area contributed by atoms with Gasteiger partial charge in [-0.3, -0.25) is 4.79 Å². The van der Waals surface area contributed by atoms with Crippen LogP contribution in [-0.2, 0) is 14.3 Å². The normalized spacial score (nSPS) is 18.2. The Bertz CT molecular complexity index is 1540. The number of hydrogen-bond acceptors (Lipinski definition) is 10. The highest BCUT2D eigenvalue weighted by atomic mass is 16.7. The van der Waals surface area contributed by atoms with Gasteiger partial charge in [0, 0.05) is 0 Å². The summed E-state index contributed by atoms with van der Waals surface area (Å²) in [4.78, 5) is 13.3. The average molecular weight is 1340 g/mol. The van der Waals surface area contributed by atoms with Crippen molar-refractivity contribution in [1.82, 2.24) is 5.32 Å². The second kappa shape index (κ2) is 71.7. The smallest absolute Gasteiger partial charge is 0.249 e. The predicted octanol–water partition coefficient (Wildman–Crippen LogP) is 22.1. The maximum atomic E-state index is 13.3. The van der Waals surface area contributed by atoms with E-state index in [-0.39, 0.29) is 12.8 Å². The minimum atomic E-state index is -1.67. The first-order valence-electron chi connectivity index (χ1n) is 42.1. The quantitative estimate of drug-likeness (QED) is 0.0215. The van der Waals surface area contributed by atoms with Gasteiger partial charge in [0.15, 0.2) is 6.29 Å². The molecule has 0 aliphatic carbocycles. The zero-order chi connectivity index (χ0) is 68.1. The van der Waals surface area contributed by atoms with Crippen LogP contribution in [0.4, 0.5) is 0 Å². The highest BCUT2D eigenvalue weighted by molar-refractivity contribution is 5.80. The molecule has 0 aromatic heterocycles. The molecule has 0 bridgehead atoms. The highest BCUT2D eigenvalue weighted by Gasteiger charge is 2.44. The zero-order valence-electron chi connectivity index (χ0n) is 62.5. The topological polar surface area (TPSA) is 189 Å². The summed E-state index contributed by atoms with van der Waals surface area (Å²) >= 11 is 0. The first kappa shape index (κ1) is 90.9. The number of hydrogen-bond donors (Lipinski definition) is 8. The van der Waals surface area contributed by atoms with Crippen LogP contribution in [0.5, 0.6) is 0 Å². The van der Waals surface area contributed by atoms with Gasteiger partial charge in [0.1, 0.15) is 36.6 Å². The number of rotatable bonds is 76. The molecule has 0 radical (unpaired) electrons. The van der Waals surface area contributed by atoms with Crippen molar-refractivity contribution in [2.45, 2.75) is 499 Å². The molecule has 1 aliphatic rings. The molecule has 1 rings (SSSR count). The number of aliphatic hydroxyl groups excluding tert-OH is 7. The lowest BCUT2D eigenvalue weighted by Crippen LogP contribution is -2.60. The Morgan fingerprint density at radius 3 is 0.915 bits per heavy atom. The van der Waals surface area contributed by atoms with Crippen molar-refractivity contribution in [3.05, 3.63) is 12.2 Å². The SMILES string of the molecule is CCCCCCCCCCCCCCCCCCCCCCCCCCCC/C=C/CCCC(O)C(O)C(COC1OC(CO)C(O)C(O)C1O)NC(=O)C(O)CCCCCCCCCCCCCCCCCCCCCCCCCCCCCCCCCCCCCC. The van der Waals surface area contributed by atoms with E-state index in [0.29, 0.717) is 12.8 Å². The third-order valence-corrected chi connectivity index (χ3v) is 20.8. The molecule has 9 unspecified atom stereocenters. The van der Waals surface area contributed by atoms with Gasteiger partial charge in [0.05, 0.1) is 25.4 Å². The molecule has 1 saturated heterocycles. The second-order valence-electron chi connectivity index (χ2n) is 29.9. The molecule has 0 aromatic carbocycles. The Hall–Kier alpha value is -1.15. The first-order chi connectivity index (χ1) is 46.2. The minimum Gasteiger partial charge on any atom is -0.394 e. The van der Waals surface area contributed by atoms with E-state index in [9.17, 15) is 40.5 Å².